The largest absolute Gasteiger partial charge is 0.465 e. The Kier molecular flexibility index (Phi) is 4.22. The van der Waals surface area contributed by atoms with Crippen molar-refractivity contribution in [2.24, 2.45) is 28.6 Å². The summed E-state index contributed by atoms with van der Waals surface area (Å²) in [5, 5.41) is 0.105. The highest BCUT2D eigenvalue weighted by atomic mass is 32.2. The highest BCUT2D eigenvalue weighted by Crippen LogP contribution is 2.63. The third kappa shape index (κ3) is 2.54. The zero-order chi connectivity index (χ0) is 18.7. The van der Waals surface area contributed by atoms with Crippen molar-refractivity contribution in [1.29, 1.82) is 0 Å². The van der Waals surface area contributed by atoms with Gasteiger partial charge in [0.05, 0.1) is 12.0 Å². The summed E-state index contributed by atoms with van der Waals surface area (Å²) in [4.78, 5) is 36.5. The number of hydrogen-bond donors (Lipinski definition) is 0. The molecule has 0 radical (unpaired) electrons. The molecule has 0 aromatic carbocycles. The molecule has 4 aliphatic rings. The molecule has 0 amide bonds. The summed E-state index contributed by atoms with van der Waals surface area (Å²) in [5.74, 6) is 1.04. The number of cyclic esters (lactones) is 1. The number of ketones is 1. The maximum absolute atomic E-state index is 12.5. The summed E-state index contributed by atoms with van der Waals surface area (Å²) >= 11 is 1.35. The Hall–Kier alpha value is -1.36. The minimum Gasteiger partial charge on any atom is -0.465 e. The fraction of sp³-hybridized carbons (Fsp3) is 0.667. The van der Waals surface area contributed by atoms with Gasteiger partial charge in [0, 0.05) is 17.6 Å². The molecule has 140 valence electrons. The molecule has 1 saturated heterocycles. The molecule has 5 heteroatoms. The fourth-order valence-corrected chi connectivity index (χ4v) is 7.25. The topological polar surface area (TPSA) is 60.4 Å². The Labute approximate surface area is 158 Å². The molecule has 26 heavy (non-hydrogen) atoms. The van der Waals surface area contributed by atoms with Crippen LogP contribution in [0.3, 0.4) is 0 Å². The monoisotopic (exact) mass is 374 g/mol. The molecular weight excluding hydrogens is 348 g/mol. The molecule has 4 nitrogen and oxygen atoms in total. The molecule has 0 N–H and O–H groups in total. The highest BCUT2D eigenvalue weighted by Gasteiger charge is 2.60. The predicted molar refractivity (Wildman–Crippen MR) is 100 cm³/mol. The van der Waals surface area contributed by atoms with E-state index in [0.29, 0.717) is 24.4 Å². The lowest BCUT2D eigenvalue weighted by atomic mass is 9.47. The maximum atomic E-state index is 12.5. The van der Waals surface area contributed by atoms with Crippen LogP contribution >= 0.6 is 11.8 Å². The number of carbonyl (C=O) groups excluding carboxylic acids is 3. The fourth-order valence-electron chi connectivity index (χ4n) is 6.08. The summed E-state index contributed by atoms with van der Waals surface area (Å²) in [6, 6.07) is 0. The first kappa shape index (κ1) is 18.0. The lowest BCUT2D eigenvalue weighted by Gasteiger charge is -2.59. The van der Waals surface area contributed by atoms with E-state index in [1.807, 2.05) is 0 Å². The average molecular weight is 375 g/mol. The van der Waals surface area contributed by atoms with Crippen LogP contribution < -0.4 is 0 Å². The molecule has 6 atom stereocenters. The van der Waals surface area contributed by atoms with Crippen molar-refractivity contribution in [3.8, 4) is 0 Å². The number of thioether (sulfide) groups is 1. The van der Waals surface area contributed by atoms with Crippen molar-refractivity contribution >= 4 is 28.6 Å². The number of hydrogen-bond acceptors (Lipinski definition) is 5. The number of esters is 1. The standard InChI is InChI=1S/C21H26O4S/c1-12(22)26-18-11-14-15(20(2)7-4-13(23)10-17(18)20)5-8-21(3)16(14)6-9-25-19(21)24/h4,7,10,14-16,18H,5-6,8-9,11H2,1-3H3/t14-,15+,16+,18+,20-,21+/m1/s1. The van der Waals surface area contributed by atoms with E-state index in [-0.39, 0.29) is 27.5 Å². The van der Waals surface area contributed by atoms with E-state index in [1.54, 1.807) is 19.1 Å². The van der Waals surface area contributed by atoms with Crippen LogP contribution in [0.5, 0.6) is 0 Å². The number of rotatable bonds is 1. The minimum atomic E-state index is -0.406. The van der Waals surface area contributed by atoms with Gasteiger partial charge in [-0.3, -0.25) is 14.4 Å². The highest BCUT2D eigenvalue weighted by molar-refractivity contribution is 8.14. The molecule has 3 fully saturated rings. The quantitative estimate of drug-likeness (QED) is 0.655. The van der Waals surface area contributed by atoms with Gasteiger partial charge in [-0.25, -0.2) is 0 Å². The average Bonchev–Trinajstić information content (AvgIpc) is 2.57. The summed E-state index contributed by atoms with van der Waals surface area (Å²) in [7, 11) is 0. The summed E-state index contributed by atoms with van der Waals surface area (Å²) in [6.07, 6.45) is 9.08. The summed E-state index contributed by atoms with van der Waals surface area (Å²) in [5.41, 5.74) is 0.497. The SMILES string of the molecule is CC(=O)S[C@H]1C[C@@H]2[C@H](CC[C@]3(C)C(=O)OCC[C@@H]23)[C@@]2(C)C=CC(=O)C=C12. The lowest BCUT2D eigenvalue weighted by molar-refractivity contribution is -0.179. The number of allylic oxidation sites excluding steroid dienone is 3. The Balaban J connectivity index is 1.76. The van der Waals surface area contributed by atoms with E-state index in [4.69, 9.17) is 4.74 Å². The first-order valence-electron chi connectivity index (χ1n) is 9.55. The molecule has 2 saturated carbocycles. The molecule has 0 unspecified atom stereocenters. The van der Waals surface area contributed by atoms with Gasteiger partial charge in [-0.1, -0.05) is 24.8 Å². The van der Waals surface area contributed by atoms with Gasteiger partial charge >= 0.3 is 5.97 Å². The van der Waals surface area contributed by atoms with Crippen molar-refractivity contribution in [3.05, 3.63) is 23.8 Å². The molecule has 1 aliphatic heterocycles. The predicted octanol–water partition coefficient (Wildman–Crippen LogP) is 3.71. The van der Waals surface area contributed by atoms with Gasteiger partial charge in [0.25, 0.3) is 0 Å². The smallest absolute Gasteiger partial charge is 0.312 e. The zero-order valence-corrected chi connectivity index (χ0v) is 16.4. The first-order chi connectivity index (χ1) is 12.3. The number of ether oxygens (including phenoxy) is 1. The Morgan fingerprint density at radius 1 is 1.23 bits per heavy atom. The van der Waals surface area contributed by atoms with Crippen LogP contribution in [0.25, 0.3) is 0 Å². The van der Waals surface area contributed by atoms with Crippen LogP contribution in [-0.2, 0) is 19.1 Å². The third-order valence-electron chi connectivity index (χ3n) is 7.38. The molecule has 0 aromatic rings. The van der Waals surface area contributed by atoms with E-state index in [1.165, 1.54) is 11.8 Å². The second kappa shape index (κ2) is 6.08. The second-order valence-corrected chi connectivity index (χ2v) is 10.1. The number of carbonyl (C=O) groups is 3. The van der Waals surface area contributed by atoms with E-state index >= 15 is 0 Å². The van der Waals surface area contributed by atoms with Crippen molar-refractivity contribution < 1.29 is 19.1 Å². The van der Waals surface area contributed by atoms with Gasteiger partial charge in [-0.15, -0.1) is 0 Å². The van der Waals surface area contributed by atoms with Crippen LogP contribution in [0.1, 0.15) is 46.5 Å². The van der Waals surface area contributed by atoms with Crippen LogP contribution in [-0.4, -0.2) is 28.7 Å². The maximum Gasteiger partial charge on any atom is 0.312 e. The van der Waals surface area contributed by atoms with Gasteiger partial charge in [-0.2, -0.15) is 0 Å². The molecule has 0 aromatic heterocycles. The minimum absolute atomic E-state index is 0.0203. The van der Waals surface area contributed by atoms with Gasteiger partial charge in [0.15, 0.2) is 10.9 Å². The van der Waals surface area contributed by atoms with E-state index < -0.39 is 5.41 Å². The van der Waals surface area contributed by atoms with Crippen LogP contribution in [0, 0.1) is 28.6 Å². The van der Waals surface area contributed by atoms with Gasteiger partial charge in [-0.05, 0) is 68.1 Å². The Bertz CT molecular complexity index is 738. The Morgan fingerprint density at radius 2 is 2.00 bits per heavy atom. The van der Waals surface area contributed by atoms with Crippen LogP contribution in [0.4, 0.5) is 0 Å². The molecule has 4 rings (SSSR count). The molecule has 1 heterocycles. The molecule has 0 spiro atoms. The zero-order valence-electron chi connectivity index (χ0n) is 15.6. The normalized spacial score (nSPS) is 44.3. The van der Waals surface area contributed by atoms with Crippen molar-refractivity contribution in [2.75, 3.05) is 6.61 Å². The van der Waals surface area contributed by atoms with Crippen LogP contribution in [0.15, 0.2) is 23.8 Å². The molecule has 0 bridgehead atoms. The van der Waals surface area contributed by atoms with Crippen molar-refractivity contribution in [1.82, 2.24) is 0 Å². The summed E-state index contributed by atoms with van der Waals surface area (Å²) < 4.78 is 5.40. The van der Waals surface area contributed by atoms with Crippen LogP contribution in [0.2, 0.25) is 0 Å². The van der Waals surface area contributed by atoms with Crippen molar-refractivity contribution in [3.63, 3.8) is 0 Å². The molecular formula is C21H26O4S. The van der Waals surface area contributed by atoms with E-state index in [2.05, 4.69) is 19.9 Å². The third-order valence-corrected chi connectivity index (χ3v) is 8.44. The molecule has 3 aliphatic carbocycles. The van der Waals surface area contributed by atoms with Gasteiger partial charge < -0.3 is 4.74 Å². The Morgan fingerprint density at radius 3 is 2.73 bits per heavy atom. The lowest BCUT2D eigenvalue weighted by Crippen LogP contribution is -2.56. The first-order valence-corrected chi connectivity index (χ1v) is 10.4. The summed E-state index contributed by atoms with van der Waals surface area (Å²) in [6.45, 7) is 6.38. The van der Waals surface area contributed by atoms with Crippen molar-refractivity contribution in [2.45, 2.75) is 51.7 Å². The van der Waals surface area contributed by atoms with Gasteiger partial charge in [0.2, 0.25) is 0 Å². The van der Waals surface area contributed by atoms with Gasteiger partial charge in [0.1, 0.15) is 0 Å². The second-order valence-electron chi connectivity index (χ2n) is 8.71. The van der Waals surface area contributed by atoms with E-state index in [0.717, 1.165) is 31.3 Å². The number of fused-ring (bicyclic) bond motifs is 5. The van der Waals surface area contributed by atoms with E-state index in [9.17, 15) is 14.4 Å².